The largest absolute Gasteiger partial charge is 0.335 e. The van der Waals surface area contributed by atoms with Gasteiger partial charge in [0.15, 0.2) is 0 Å². The first-order chi connectivity index (χ1) is 12.9. The van der Waals surface area contributed by atoms with Crippen LogP contribution in [0.5, 0.6) is 0 Å². The van der Waals surface area contributed by atoms with Gasteiger partial charge >= 0.3 is 0 Å². The molecule has 144 valence electrons. The molecule has 0 spiro atoms. The highest BCUT2D eigenvalue weighted by molar-refractivity contribution is 7.89. The van der Waals surface area contributed by atoms with Crippen LogP contribution in [-0.2, 0) is 34.2 Å². The zero-order chi connectivity index (χ0) is 19.0. The molecule has 1 amide bonds. The number of imidazole rings is 1. The van der Waals surface area contributed by atoms with Gasteiger partial charge in [-0.1, -0.05) is 6.07 Å². The third-order valence-corrected chi connectivity index (χ3v) is 6.88. The van der Waals surface area contributed by atoms with Crippen LogP contribution in [0.2, 0.25) is 0 Å². The molecule has 1 aromatic carbocycles. The topological polar surface area (TPSA) is 84.3 Å². The SMILES string of the molecule is CC(=O)N1CCCc2ccc(S(=O)(=O)NC[C@@H]3CCc4nccn4C3)cc21. The van der Waals surface area contributed by atoms with E-state index in [1.807, 2.05) is 12.3 Å². The fourth-order valence-corrected chi connectivity index (χ4v) is 5.10. The number of benzene rings is 1. The van der Waals surface area contributed by atoms with Gasteiger partial charge in [-0.2, -0.15) is 0 Å². The Morgan fingerprint density at radius 1 is 1.33 bits per heavy atom. The number of fused-ring (bicyclic) bond motifs is 2. The molecule has 27 heavy (non-hydrogen) atoms. The molecule has 4 rings (SSSR count). The highest BCUT2D eigenvalue weighted by Crippen LogP contribution is 2.30. The van der Waals surface area contributed by atoms with Crippen LogP contribution in [0.15, 0.2) is 35.5 Å². The number of rotatable bonds is 4. The molecule has 0 unspecified atom stereocenters. The number of sulfonamides is 1. The maximum absolute atomic E-state index is 12.8. The van der Waals surface area contributed by atoms with Gasteiger partial charge in [-0.3, -0.25) is 4.79 Å². The molecule has 2 aliphatic rings. The molecule has 0 aliphatic carbocycles. The third-order valence-electron chi connectivity index (χ3n) is 5.46. The van der Waals surface area contributed by atoms with E-state index in [2.05, 4.69) is 14.3 Å². The van der Waals surface area contributed by atoms with Gasteiger partial charge in [-0.25, -0.2) is 18.1 Å². The number of hydrogen-bond donors (Lipinski definition) is 1. The van der Waals surface area contributed by atoms with E-state index in [9.17, 15) is 13.2 Å². The highest BCUT2D eigenvalue weighted by Gasteiger charge is 2.25. The zero-order valence-electron chi connectivity index (χ0n) is 15.4. The first kappa shape index (κ1) is 18.2. The maximum atomic E-state index is 12.8. The quantitative estimate of drug-likeness (QED) is 0.864. The van der Waals surface area contributed by atoms with Crippen LogP contribution in [0.1, 0.15) is 31.2 Å². The van der Waals surface area contributed by atoms with Crippen molar-refractivity contribution in [1.82, 2.24) is 14.3 Å². The number of nitrogens with one attached hydrogen (secondary N) is 1. The molecule has 0 saturated heterocycles. The van der Waals surface area contributed by atoms with Crippen molar-refractivity contribution in [2.45, 2.75) is 44.0 Å². The molecule has 0 saturated carbocycles. The van der Waals surface area contributed by atoms with Gasteiger partial charge in [-0.15, -0.1) is 0 Å². The van der Waals surface area contributed by atoms with E-state index in [0.29, 0.717) is 13.1 Å². The Kier molecular flexibility index (Phi) is 4.77. The van der Waals surface area contributed by atoms with Crippen molar-refractivity contribution < 1.29 is 13.2 Å². The Bertz CT molecular complexity index is 967. The summed E-state index contributed by atoms with van der Waals surface area (Å²) in [6, 6.07) is 5.10. The Hall–Kier alpha value is -2.19. The summed E-state index contributed by atoms with van der Waals surface area (Å²) in [6.07, 6.45) is 7.27. The lowest BCUT2D eigenvalue weighted by molar-refractivity contribution is -0.116. The summed E-state index contributed by atoms with van der Waals surface area (Å²) >= 11 is 0. The molecular weight excluding hydrogens is 364 g/mol. The molecular formula is C19H24N4O3S. The molecule has 8 heteroatoms. The standard InChI is InChI=1S/C19H24N4O3S/c1-14(24)23-9-2-3-16-5-6-17(11-18(16)23)27(25,26)21-12-15-4-7-19-20-8-10-22(19)13-15/h5-6,8,10-11,15,21H,2-4,7,9,12-13H2,1H3/t15-/m0/s1. The normalized spacial score (nSPS) is 19.4. The van der Waals surface area contributed by atoms with Gasteiger partial charge in [0.1, 0.15) is 5.82 Å². The first-order valence-corrected chi connectivity index (χ1v) is 10.8. The van der Waals surface area contributed by atoms with Crippen LogP contribution in [-0.4, -0.2) is 37.0 Å². The molecule has 1 aromatic heterocycles. The number of nitrogens with zero attached hydrogens (tertiary/aromatic N) is 3. The van der Waals surface area contributed by atoms with Crippen molar-refractivity contribution in [2.75, 3.05) is 18.0 Å². The predicted octanol–water partition coefficient (Wildman–Crippen LogP) is 1.72. The highest BCUT2D eigenvalue weighted by atomic mass is 32.2. The summed E-state index contributed by atoms with van der Waals surface area (Å²) in [5.74, 6) is 1.25. The minimum absolute atomic E-state index is 0.0585. The first-order valence-electron chi connectivity index (χ1n) is 9.35. The van der Waals surface area contributed by atoms with Gasteiger partial charge in [0.05, 0.1) is 4.90 Å². The predicted molar refractivity (Wildman–Crippen MR) is 102 cm³/mol. The monoisotopic (exact) mass is 388 g/mol. The van der Waals surface area contributed by atoms with E-state index in [-0.39, 0.29) is 16.7 Å². The second-order valence-electron chi connectivity index (χ2n) is 7.32. The molecule has 1 atom stereocenters. The van der Waals surface area contributed by atoms with Crippen LogP contribution in [0.3, 0.4) is 0 Å². The van der Waals surface area contributed by atoms with E-state index in [4.69, 9.17) is 0 Å². The summed E-state index contributed by atoms with van der Waals surface area (Å²) in [6.45, 7) is 3.32. The second kappa shape index (κ2) is 7.09. The van der Waals surface area contributed by atoms with Crippen molar-refractivity contribution in [1.29, 1.82) is 0 Å². The van der Waals surface area contributed by atoms with Gasteiger partial charge < -0.3 is 9.47 Å². The maximum Gasteiger partial charge on any atom is 0.240 e. The van der Waals surface area contributed by atoms with Crippen molar-refractivity contribution in [3.8, 4) is 0 Å². The molecule has 0 radical (unpaired) electrons. The average molecular weight is 388 g/mol. The second-order valence-corrected chi connectivity index (χ2v) is 9.08. The van der Waals surface area contributed by atoms with Gasteiger partial charge in [0.2, 0.25) is 15.9 Å². The average Bonchev–Trinajstić information content (AvgIpc) is 3.13. The van der Waals surface area contributed by atoms with Crippen LogP contribution >= 0.6 is 0 Å². The van der Waals surface area contributed by atoms with Gasteiger partial charge in [0, 0.05) is 51.1 Å². The number of aromatic nitrogens is 2. The fourth-order valence-electron chi connectivity index (χ4n) is 3.96. The van der Waals surface area contributed by atoms with E-state index in [1.165, 1.54) is 6.92 Å². The van der Waals surface area contributed by atoms with E-state index in [1.54, 1.807) is 23.2 Å². The number of aryl methyl sites for hydroxylation is 2. The number of carbonyl (C=O) groups excluding carboxylic acids is 1. The summed E-state index contributed by atoms with van der Waals surface area (Å²) in [5.41, 5.74) is 1.74. The van der Waals surface area contributed by atoms with Crippen molar-refractivity contribution >= 4 is 21.6 Å². The zero-order valence-corrected chi connectivity index (χ0v) is 16.2. The summed E-state index contributed by atoms with van der Waals surface area (Å²) < 4.78 is 30.4. The minimum atomic E-state index is -3.62. The molecule has 7 nitrogen and oxygen atoms in total. The smallest absolute Gasteiger partial charge is 0.240 e. The van der Waals surface area contributed by atoms with Crippen molar-refractivity contribution in [3.05, 3.63) is 42.0 Å². The molecule has 1 N–H and O–H groups in total. The number of hydrogen-bond acceptors (Lipinski definition) is 4. The van der Waals surface area contributed by atoms with E-state index < -0.39 is 10.0 Å². The molecule has 0 fully saturated rings. The summed E-state index contributed by atoms with van der Waals surface area (Å²) in [4.78, 5) is 18.1. The van der Waals surface area contributed by atoms with E-state index in [0.717, 1.165) is 49.3 Å². The van der Waals surface area contributed by atoms with E-state index >= 15 is 0 Å². The Morgan fingerprint density at radius 3 is 3.00 bits per heavy atom. The van der Waals surface area contributed by atoms with Crippen molar-refractivity contribution in [2.24, 2.45) is 5.92 Å². The summed E-state index contributed by atoms with van der Waals surface area (Å²) in [5, 5.41) is 0. The molecule has 2 aliphatic heterocycles. The Labute approximate surface area is 159 Å². The van der Waals surface area contributed by atoms with Gasteiger partial charge in [-0.05, 0) is 42.9 Å². The minimum Gasteiger partial charge on any atom is -0.335 e. The van der Waals surface area contributed by atoms with Crippen LogP contribution in [0.25, 0.3) is 0 Å². The lowest BCUT2D eigenvalue weighted by Crippen LogP contribution is -2.35. The number of anilines is 1. The Morgan fingerprint density at radius 2 is 2.19 bits per heavy atom. The molecule has 3 heterocycles. The lowest BCUT2D eigenvalue weighted by atomic mass is 10.00. The van der Waals surface area contributed by atoms with Gasteiger partial charge in [0.25, 0.3) is 0 Å². The Balaban J connectivity index is 1.49. The lowest BCUT2D eigenvalue weighted by Gasteiger charge is -2.29. The third kappa shape index (κ3) is 3.64. The van der Waals surface area contributed by atoms with Crippen LogP contribution in [0.4, 0.5) is 5.69 Å². The molecule has 0 bridgehead atoms. The van der Waals surface area contributed by atoms with Crippen LogP contribution in [0, 0.1) is 5.92 Å². The van der Waals surface area contributed by atoms with Crippen LogP contribution < -0.4 is 9.62 Å². The summed E-state index contributed by atoms with van der Waals surface area (Å²) in [7, 11) is -3.62. The number of carbonyl (C=O) groups is 1. The molecule has 2 aromatic rings. The number of amides is 1. The van der Waals surface area contributed by atoms with Crippen molar-refractivity contribution in [3.63, 3.8) is 0 Å². The fraction of sp³-hybridized carbons (Fsp3) is 0.474.